The molecule has 1 aliphatic carbocycles. The van der Waals surface area contributed by atoms with Crippen LogP contribution in [0.4, 0.5) is 0 Å². The van der Waals surface area contributed by atoms with Gasteiger partial charge < -0.3 is 9.84 Å². The average Bonchev–Trinajstić information content (AvgIpc) is 2.72. The molecule has 1 atom stereocenters. The second-order valence-corrected chi connectivity index (χ2v) is 3.94. The van der Waals surface area contributed by atoms with Crippen LogP contribution < -0.4 is 0 Å². The fourth-order valence-corrected chi connectivity index (χ4v) is 2.02. The molecule has 0 bridgehead atoms. The Morgan fingerprint density at radius 1 is 1.27 bits per heavy atom. The summed E-state index contributed by atoms with van der Waals surface area (Å²) in [6, 6.07) is 0. The Bertz CT molecular complexity index is 134. The van der Waals surface area contributed by atoms with E-state index in [0.717, 1.165) is 25.9 Å². The maximum Gasteiger partial charge on any atom is 0.0837 e. The van der Waals surface area contributed by atoms with Gasteiger partial charge in [0.2, 0.25) is 0 Å². The third kappa shape index (κ3) is 1.94. The summed E-state index contributed by atoms with van der Waals surface area (Å²) in [6.07, 6.45) is 6.95. The second-order valence-electron chi connectivity index (χ2n) is 3.94. The number of hydrogen-bond acceptors (Lipinski definition) is 2. The van der Waals surface area contributed by atoms with Gasteiger partial charge in [0.25, 0.3) is 0 Å². The normalized spacial score (nSPS) is 35.2. The van der Waals surface area contributed by atoms with Gasteiger partial charge in [-0.15, -0.1) is 0 Å². The van der Waals surface area contributed by atoms with Crippen molar-refractivity contribution in [1.82, 2.24) is 0 Å². The Kier molecular flexibility index (Phi) is 1.90. The Balaban J connectivity index is 1.84. The number of hydrogen-bond donors (Lipinski definition) is 1. The SMILES string of the molecule is OC1(C[C@@H]2CO2)CCCCC1. The van der Waals surface area contributed by atoms with Crippen LogP contribution in [0.15, 0.2) is 0 Å². The summed E-state index contributed by atoms with van der Waals surface area (Å²) in [6.45, 7) is 0.877. The molecule has 2 fully saturated rings. The van der Waals surface area contributed by atoms with Crippen LogP contribution in [-0.2, 0) is 4.74 Å². The fraction of sp³-hybridized carbons (Fsp3) is 1.00. The van der Waals surface area contributed by atoms with E-state index in [1.54, 1.807) is 0 Å². The predicted octanol–water partition coefficient (Wildman–Crippen LogP) is 1.47. The van der Waals surface area contributed by atoms with Crippen molar-refractivity contribution in [2.24, 2.45) is 0 Å². The lowest BCUT2D eigenvalue weighted by atomic mass is 9.82. The molecule has 1 saturated carbocycles. The molecule has 2 aliphatic rings. The summed E-state index contributed by atoms with van der Waals surface area (Å²) in [4.78, 5) is 0. The van der Waals surface area contributed by atoms with Gasteiger partial charge in [0.1, 0.15) is 0 Å². The van der Waals surface area contributed by atoms with E-state index in [1.807, 2.05) is 0 Å². The van der Waals surface area contributed by atoms with Crippen LogP contribution in [0.1, 0.15) is 38.5 Å². The lowest BCUT2D eigenvalue weighted by Crippen LogP contribution is -2.32. The third-order valence-corrected chi connectivity index (χ3v) is 2.79. The minimum atomic E-state index is -0.362. The van der Waals surface area contributed by atoms with E-state index in [-0.39, 0.29) is 5.60 Å². The molecule has 1 saturated heterocycles. The predicted molar refractivity (Wildman–Crippen MR) is 42.4 cm³/mol. The van der Waals surface area contributed by atoms with Gasteiger partial charge >= 0.3 is 0 Å². The minimum absolute atomic E-state index is 0.362. The van der Waals surface area contributed by atoms with Gasteiger partial charge in [0.15, 0.2) is 0 Å². The smallest absolute Gasteiger partial charge is 0.0837 e. The van der Waals surface area contributed by atoms with E-state index in [0.29, 0.717) is 6.10 Å². The monoisotopic (exact) mass is 156 g/mol. The van der Waals surface area contributed by atoms with E-state index in [4.69, 9.17) is 4.74 Å². The van der Waals surface area contributed by atoms with Crippen molar-refractivity contribution >= 4 is 0 Å². The molecule has 2 nitrogen and oxygen atoms in total. The van der Waals surface area contributed by atoms with E-state index in [1.165, 1.54) is 19.3 Å². The highest BCUT2D eigenvalue weighted by Crippen LogP contribution is 2.34. The summed E-state index contributed by atoms with van der Waals surface area (Å²) in [5.74, 6) is 0. The highest BCUT2D eigenvalue weighted by atomic mass is 16.6. The van der Waals surface area contributed by atoms with E-state index in [2.05, 4.69) is 0 Å². The van der Waals surface area contributed by atoms with Gasteiger partial charge in [0, 0.05) is 6.42 Å². The van der Waals surface area contributed by atoms with Crippen molar-refractivity contribution < 1.29 is 9.84 Å². The first kappa shape index (κ1) is 7.56. The molecule has 2 rings (SSSR count). The first-order valence-corrected chi connectivity index (χ1v) is 4.63. The molecule has 2 heteroatoms. The molecule has 0 aromatic rings. The van der Waals surface area contributed by atoms with E-state index >= 15 is 0 Å². The van der Waals surface area contributed by atoms with Crippen LogP contribution in [-0.4, -0.2) is 23.4 Å². The van der Waals surface area contributed by atoms with Crippen molar-refractivity contribution in [2.75, 3.05) is 6.61 Å². The Morgan fingerprint density at radius 2 is 1.91 bits per heavy atom. The van der Waals surface area contributed by atoms with Crippen LogP contribution >= 0.6 is 0 Å². The molecule has 1 N–H and O–H groups in total. The van der Waals surface area contributed by atoms with Crippen molar-refractivity contribution in [2.45, 2.75) is 50.2 Å². The maximum atomic E-state index is 10.0. The number of rotatable bonds is 2. The highest BCUT2D eigenvalue weighted by molar-refractivity contribution is 4.88. The first-order chi connectivity index (χ1) is 5.29. The summed E-state index contributed by atoms with van der Waals surface area (Å²) < 4.78 is 5.12. The average molecular weight is 156 g/mol. The molecule has 0 unspecified atom stereocenters. The molecular formula is C9H16O2. The van der Waals surface area contributed by atoms with Crippen LogP contribution in [0.2, 0.25) is 0 Å². The number of ether oxygens (including phenoxy) is 1. The first-order valence-electron chi connectivity index (χ1n) is 4.63. The topological polar surface area (TPSA) is 32.8 Å². The van der Waals surface area contributed by atoms with Crippen molar-refractivity contribution in [3.8, 4) is 0 Å². The molecule has 0 amide bonds. The lowest BCUT2D eigenvalue weighted by molar-refractivity contribution is -0.00950. The zero-order valence-corrected chi connectivity index (χ0v) is 6.88. The molecule has 0 spiro atoms. The van der Waals surface area contributed by atoms with Gasteiger partial charge in [-0.05, 0) is 12.8 Å². The van der Waals surface area contributed by atoms with Crippen LogP contribution in [0.5, 0.6) is 0 Å². The van der Waals surface area contributed by atoms with Crippen molar-refractivity contribution in [3.05, 3.63) is 0 Å². The highest BCUT2D eigenvalue weighted by Gasteiger charge is 2.36. The van der Waals surface area contributed by atoms with Crippen molar-refractivity contribution in [1.29, 1.82) is 0 Å². The summed E-state index contributed by atoms with van der Waals surface area (Å²) in [7, 11) is 0. The van der Waals surface area contributed by atoms with Crippen LogP contribution in [0.25, 0.3) is 0 Å². The van der Waals surface area contributed by atoms with Gasteiger partial charge in [0.05, 0.1) is 18.3 Å². The molecule has 1 heterocycles. The number of epoxide rings is 1. The molecule has 11 heavy (non-hydrogen) atoms. The standard InChI is InChI=1S/C9H16O2/c10-9(6-8-7-11-8)4-2-1-3-5-9/h8,10H,1-7H2/t8-/m1/s1. The van der Waals surface area contributed by atoms with Crippen LogP contribution in [0.3, 0.4) is 0 Å². The lowest BCUT2D eigenvalue weighted by Gasteiger charge is -2.31. The Labute approximate surface area is 67.6 Å². The summed E-state index contributed by atoms with van der Waals surface area (Å²) in [5, 5.41) is 10.0. The quantitative estimate of drug-likeness (QED) is 0.614. The number of aliphatic hydroxyl groups is 1. The van der Waals surface area contributed by atoms with Gasteiger partial charge in [-0.1, -0.05) is 19.3 Å². The van der Waals surface area contributed by atoms with Gasteiger partial charge in [-0.3, -0.25) is 0 Å². The molecule has 0 radical (unpaired) electrons. The Hall–Kier alpha value is -0.0800. The molecule has 0 aromatic heterocycles. The van der Waals surface area contributed by atoms with Gasteiger partial charge in [-0.2, -0.15) is 0 Å². The van der Waals surface area contributed by atoms with Crippen molar-refractivity contribution in [3.63, 3.8) is 0 Å². The second kappa shape index (κ2) is 2.76. The fourth-order valence-electron chi connectivity index (χ4n) is 2.02. The zero-order valence-electron chi connectivity index (χ0n) is 6.88. The molecule has 1 aliphatic heterocycles. The molecular weight excluding hydrogens is 140 g/mol. The van der Waals surface area contributed by atoms with Crippen LogP contribution in [0, 0.1) is 0 Å². The minimum Gasteiger partial charge on any atom is -0.390 e. The third-order valence-electron chi connectivity index (χ3n) is 2.79. The molecule has 0 aromatic carbocycles. The largest absolute Gasteiger partial charge is 0.390 e. The summed E-state index contributed by atoms with van der Waals surface area (Å²) >= 11 is 0. The van der Waals surface area contributed by atoms with E-state index in [9.17, 15) is 5.11 Å². The summed E-state index contributed by atoms with van der Waals surface area (Å²) in [5.41, 5.74) is -0.362. The van der Waals surface area contributed by atoms with E-state index < -0.39 is 0 Å². The Morgan fingerprint density at radius 3 is 2.45 bits per heavy atom. The maximum absolute atomic E-state index is 10.0. The zero-order chi connectivity index (χ0) is 7.73. The molecule has 64 valence electrons. The van der Waals surface area contributed by atoms with Gasteiger partial charge in [-0.25, -0.2) is 0 Å².